The molecule has 1 heterocycles. The number of carbonyl (C=O) groups excluding carboxylic acids is 5. The Kier molecular flexibility index (Phi) is 13.6. The SMILES string of the molecule is C=CCC(C(=O)N[C@@H](CO)c1ccccc1)C(=O)N[C@H](COC(=O)[C@H](CC=C)CC(=O)N1CCCC1)C(=O)OC. The van der Waals surface area contributed by atoms with Gasteiger partial charge in [0.05, 0.1) is 25.7 Å². The van der Waals surface area contributed by atoms with Gasteiger partial charge in [0.1, 0.15) is 12.5 Å². The van der Waals surface area contributed by atoms with E-state index in [4.69, 9.17) is 9.47 Å². The smallest absolute Gasteiger partial charge is 0.331 e. The van der Waals surface area contributed by atoms with Gasteiger partial charge in [-0.15, -0.1) is 13.2 Å². The fraction of sp³-hybridized carbons (Fsp3) is 0.483. The molecule has 11 heteroatoms. The van der Waals surface area contributed by atoms with E-state index in [1.54, 1.807) is 35.2 Å². The number of methoxy groups -OCH3 is 1. The van der Waals surface area contributed by atoms with Crippen molar-refractivity contribution < 1.29 is 38.6 Å². The van der Waals surface area contributed by atoms with Crippen molar-refractivity contribution in [3.8, 4) is 0 Å². The van der Waals surface area contributed by atoms with Gasteiger partial charge in [-0.05, 0) is 31.2 Å². The Bertz CT molecular complexity index is 1040. The summed E-state index contributed by atoms with van der Waals surface area (Å²) < 4.78 is 10.1. The molecule has 218 valence electrons. The molecule has 3 amide bonds. The third kappa shape index (κ3) is 9.64. The summed E-state index contributed by atoms with van der Waals surface area (Å²) in [5.74, 6) is -5.35. The Labute approximate surface area is 234 Å². The lowest BCUT2D eigenvalue weighted by Crippen LogP contribution is -2.50. The molecule has 0 aromatic heterocycles. The van der Waals surface area contributed by atoms with Gasteiger partial charge >= 0.3 is 11.9 Å². The predicted octanol–water partition coefficient (Wildman–Crippen LogP) is 1.43. The molecule has 4 atom stereocenters. The summed E-state index contributed by atoms with van der Waals surface area (Å²) in [5.41, 5.74) is 0.646. The maximum atomic E-state index is 13.1. The quantitative estimate of drug-likeness (QED) is 0.157. The van der Waals surface area contributed by atoms with E-state index in [9.17, 15) is 29.1 Å². The fourth-order valence-corrected chi connectivity index (χ4v) is 4.33. The van der Waals surface area contributed by atoms with Crippen LogP contribution in [-0.2, 0) is 33.4 Å². The van der Waals surface area contributed by atoms with Crippen molar-refractivity contribution in [3.05, 3.63) is 61.2 Å². The molecule has 0 radical (unpaired) electrons. The monoisotopic (exact) mass is 557 g/mol. The Morgan fingerprint density at radius 3 is 2.17 bits per heavy atom. The average molecular weight is 558 g/mol. The standard InChI is InChI=1S/C29H39N3O8/c1-4-11-21(17-25(34)32-15-9-10-16-32)28(37)40-19-24(29(38)39-3)31-27(36)22(12-5-2)26(35)30-23(18-33)20-13-7-6-8-14-20/h4-8,13-14,21-24,33H,1-2,9-12,15-19H2,3H3,(H,30,35)(H,31,36)/t21-,22?,23+,24-/m1/s1. The third-order valence-corrected chi connectivity index (χ3v) is 6.60. The van der Waals surface area contributed by atoms with Crippen LogP contribution in [0, 0.1) is 11.8 Å². The third-order valence-electron chi connectivity index (χ3n) is 6.60. The molecule has 1 aromatic carbocycles. The largest absolute Gasteiger partial charge is 0.467 e. The van der Waals surface area contributed by atoms with Crippen molar-refractivity contribution in [1.82, 2.24) is 15.5 Å². The van der Waals surface area contributed by atoms with E-state index in [2.05, 4.69) is 23.8 Å². The van der Waals surface area contributed by atoms with Gasteiger partial charge in [0.25, 0.3) is 0 Å². The van der Waals surface area contributed by atoms with E-state index in [0.717, 1.165) is 20.0 Å². The first-order chi connectivity index (χ1) is 19.2. The number of allylic oxidation sites excluding steroid dienone is 2. The van der Waals surface area contributed by atoms with Crippen molar-refractivity contribution in [3.63, 3.8) is 0 Å². The number of aliphatic hydroxyl groups excluding tert-OH is 1. The molecule has 11 nitrogen and oxygen atoms in total. The number of amides is 3. The Morgan fingerprint density at radius 1 is 0.975 bits per heavy atom. The van der Waals surface area contributed by atoms with Crippen molar-refractivity contribution >= 4 is 29.7 Å². The highest BCUT2D eigenvalue weighted by Crippen LogP contribution is 2.18. The van der Waals surface area contributed by atoms with Crippen LogP contribution in [0.3, 0.4) is 0 Å². The molecule has 0 saturated carbocycles. The number of hydrogen-bond donors (Lipinski definition) is 3. The number of likely N-dealkylation sites (tertiary alicyclic amines) is 1. The molecule has 1 aliphatic rings. The lowest BCUT2D eigenvalue weighted by Gasteiger charge is -2.23. The lowest BCUT2D eigenvalue weighted by atomic mass is 10.0. The molecule has 1 aliphatic heterocycles. The second kappa shape index (κ2) is 16.9. The molecular formula is C29H39N3O8. The molecule has 3 N–H and O–H groups in total. The molecule has 1 saturated heterocycles. The van der Waals surface area contributed by atoms with E-state index in [1.807, 2.05) is 0 Å². The maximum Gasteiger partial charge on any atom is 0.331 e. The van der Waals surface area contributed by atoms with Gasteiger partial charge in [-0.2, -0.15) is 0 Å². The predicted molar refractivity (Wildman–Crippen MR) is 146 cm³/mol. The van der Waals surface area contributed by atoms with E-state index < -0.39 is 60.9 Å². The number of esters is 2. The normalized spacial score (nSPS) is 15.6. The maximum absolute atomic E-state index is 13.1. The van der Waals surface area contributed by atoms with Crippen LogP contribution in [0.1, 0.15) is 43.7 Å². The number of benzene rings is 1. The van der Waals surface area contributed by atoms with Crippen LogP contribution >= 0.6 is 0 Å². The number of nitrogens with one attached hydrogen (secondary N) is 2. The van der Waals surface area contributed by atoms with Gasteiger partial charge in [0, 0.05) is 19.5 Å². The summed E-state index contributed by atoms with van der Waals surface area (Å²) in [4.78, 5) is 65.6. The zero-order valence-electron chi connectivity index (χ0n) is 22.9. The number of nitrogens with zero attached hydrogens (tertiary/aromatic N) is 1. The minimum Gasteiger partial charge on any atom is -0.467 e. The Hall–Kier alpha value is -3.99. The number of aliphatic hydroxyl groups is 1. The first kappa shape index (κ1) is 32.2. The second-order valence-corrected chi connectivity index (χ2v) is 9.46. The van der Waals surface area contributed by atoms with Gasteiger partial charge in [-0.3, -0.25) is 19.2 Å². The number of ether oxygens (including phenoxy) is 2. The topological polar surface area (TPSA) is 151 Å². The molecule has 0 spiro atoms. The summed E-state index contributed by atoms with van der Waals surface area (Å²) in [6, 6.07) is 6.59. The van der Waals surface area contributed by atoms with Crippen molar-refractivity contribution in [2.24, 2.45) is 11.8 Å². The second-order valence-electron chi connectivity index (χ2n) is 9.46. The minimum absolute atomic E-state index is 0.0572. The molecule has 1 unspecified atom stereocenters. The van der Waals surface area contributed by atoms with E-state index in [-0.39, 0.29) is 25.2 Å². The van der Waals surface area contributed by atoms with Crippen LogP contribution in [0.25, 0.3) is 0 Å². The summed E-state index contributed by atoms with van der Waals surface area (Å²) in [6.45, 7) is 7.57. The zero-order chi connectivity index (χ0) is 29.5. The minimum atomic E-state index is -1.40. The molecule has 0 aliphatic carbocycles. The van der Waals surface area contributed by atoms with Crippen molar-refractivity contribution in [1.29, 1.82) is 0 Å². The zero-order valence-corrected chi connectivity index (χ0v) is 22.9. The van der Waals surface area contributed by atoms with Crippen LogP contribution < -0.4 is 10.6 Å². The highest BCUT2D eigenvalue weighted by Gasteiger charge is 2.33. The summed E-state index contributed by atoms with van der Waals surface area (Å²) in [5, 5.41) is 14.8. The Balaban J connectivity index is 2.06. The summed E-state index contributed by atoms with van der Waals surface area (Å²) in [6.07, 6.45) is 4.80. The highest BCUT2D eigenvalue weighted by molar-refractivity contribution is 6.01. The van der Waals surface area contributed by atoms with Gasteiger partial charge in [0.2, 0.25) is 17.7 Å². The van der Waals surface area contributed by atoms with Crippen LogP contribution in [0.4, 0.5) is 0 Å². The molecule has 2 rings (SSSR count). The number of rotatable bonds is 16. The summed E-state index contributed by atoms with van der Waals surface area (Å²) >= 11 is 0. The van der Waals surface area contributed by atoms with E-state index in [1.165, 1.54) is 12.2 Å². The van der Waals surface area contributed by atoms with Crippen LogP contribution in [0.2, 0.25) is 0 Å². The van der Waals surface area contributed by atoms with Crippen LogP contribution in [0.15, 0.2) is 55.6 Å². The fourth-order valence-electron chi connectivity index (χ4n) is 4.33. The summed E-state index contributed by atoms with van der Waals surface area (Å²) in [7, 11) is 1.11. The molecule has 1 aromatic rings. The highest BCUT2D eigenvalue weighted by atomic mass is 16.5. The average Bonchev–Trinajstić information content (AvgIpc) is 3.51. The van der Waals surface area contributed by atoms with Crippen LogP contribution in [-0.4, -0.2) is 79.1 Å². The first-order valence-electron chi connectivity index (χ1n) is 13.3. The van der Waals surface area contributed by atoms with Gasteiger partial charge in [-0.25, -0.2) is 4.79 Å². The first-order valence-corrected chi connectivity index (χ1v) is 13.3. The molecule has 0 bridgehead atoms. The van der Waals surface area contributed by atoms with Crippen molar-refractivity contribution in [2.45, 2.75) is 44.2 Å². The Morgan fingerprint density at radius 2 is 1.60 bits per heavy atom. The van der Waals surface area contributed by atoms with Gasteiger partial charge in [0.15, 0.2) is 6.04 Å². The van der Waals surface area contributed by atoms with Crippen molar-refractivity contribution in [2.75, 3.05) is 33.4 Å². The molecular weight excluding hydrogens is 518 g/mol. The lowest BCUT2D eigenvalue weighted by molar-refractivity contribution is -0.157. The van der Waals surface area contributed by atoms with Gasteiger partial charge < -0.3 is 30.1 Å². The molecule has 1 fully saturated rings. The van der Waals surface area contributed by atoms with Crippen LogP contribution in [0.5, 0.6) is 0 Å². The van der Waals surface area contributed by atoms with E-state index in [0.29, 0.717) is 18.7 Å². The number of carbonyl (C=O) groups is 5. The molecule has 40 heavy (non-hydrogen) atoms. The van der Waals surface area contributed by atoms with Gasteiger partial charge in [-0.1, -0.05) is 42.5 Å². The number of hydrogen-bond acceptors (Lipinski definition) is 8. The van der Waals surface area contributed by atoms with E-state index >= 15 is 0 Å².